The Labute approximate surface area is 175 Å². The van der Waals surface area contributed by atoms with Gasteiger partial charge in [0.05, 0.1) is 34.1 Å². The standard InChI is InChI=1S/C23H28N2O3S/c1-14-8-10-25(11-9-14)12-16-19(26)7-6-15-21(27)17(13-28-22(15)16)23-24-18-4-2-3-5-20(18)29-23/h2-5,13-16,19,22,26H,6-12H2,1H3. The van der Waals surface area contributed by atoms with Gasteiger partial charge in [0.2, 0.25) is 0 Å². The summed E-state index contributed by atoms with van der Waals surface area (Å²) in [5, 5.41) is 11.4. The predicted octanol–water partition coefficient (Wildman–Crippen LogP) is 3.72. The molecule has 0 spiro atoms. The second-order valence-electron chi connectivity index (χ2n) is 8.88. The SMILES string of the molecule is CC1CCN(CC2C(O)CCC3C(=O)C(c4nc5ccccc5s4)=COC32)CC1. The first-order valence-corrected chi connectivity index (χ1v) is 11.6. The van der Waals surface area contributed by atoms with E-state index in [-0.39, 0.29) is 23.7 Å². The molecular weight excluding hydrogens is 384 g/mol. The fourth-order valence-corrected chi connectivity index (χ4v) is 6.01. The number of allylic oxidation sites excluding steroid dienone is 1. The topological polar surface area (TPSA) is 62.7 Å². The van der Waals surface area contributed by atoms with E-state index in [1.807, 2.05) is 24.3 Å². The molecule has 1 aromatic heterocycles. The van der Waals surface area contributed by atoms with Gasteiger partial charge in [0.15, 0.2) is 5.78 Å². The number of aliphatic hydroxyl groups excluding tert-OH is 1. The number of hydrogen-bond donors (Lipinski definition) is 1. The van der Waals surface area contributed by atoms with Gasteiger partial charge < -0.3 is 14.7 Å². The van der Waals surface area contributed by atoms with Crippen LogP contribution in [0.2, 0.25) is 0 Å². The number of Topliss-reactive ketones (excluding diaryl/α,β-unsaturated/α-hetero) is 1. The maximum atomic E-state index is 13.3. The van der Waals surface area contributed by atoms with Gasteiger partial charge in [-0.25, -0.2) is 4.98 Å². The molecule has 4 unspecified atom stereocenters. The minimum Gasteiger partial charge on any atom is -0.496 e. The molecule has 6 heteroatoms. The number of thiazole rings is 1. The van der Waals surface area contributed by atoms with Crippen molar-refractivity contribution in [2.45, 2.75) is 44.8 Å². The number of nitrogens with zero attached hydrogens (tertiary/aromatic N) is 2. The number of hydrogen-bond acceptors (Lipinski definition) is 6. The smallest absolute Gasteiger partial charge is 0.175 e. The summed E-state index contributed by atoms with van der Waals surface area (Å²) >= 11 is 1.54. The lowest BCUT2D eigenvalue weighted by atomic mass is 9.72. The maximum Gasteiger partial charge on any atom is 0.175 e. The molecule has 1 aliphatic carbocycles. The lowest BCUT2D eigenvalue weighted by Gasteiger charge is -2.44. The summed E-state index contributed by atoms with van der Waals surface area (Å²) in [7, 11) is 0. The molecule has 1 N–H and O–H groups in total. The Kier molecular flexibility index (Phi) is 5.18. The van der Waals surface area contributed by atoms with Gasteiger partial charge in [0.25, 0.3) is 0 Å². The Morgan fingerprint density at radius 2 is 2.00 bits per heavy atom. The lowest BCUT2D eigenvalue weighted by molar-refractivity contribution is -0.133. The minimum atomic E-state index is -0.402. The molecule has 0 amide bonds. The van der Waals surface area contributed by atoms with Crippen molar-refractivity contribution in [1.82, 2.24) is 9.88 Å². The molecular formula is C23H28N2O3S. The Hall–Kier alpha value is -1.76. The summed E-state index contributed by atoms with van der Waals surface area (Å²) in [6.45, 7) is 5.26. The van der Waals surface area contributed by atoms with Crippen LogP contribution in [-0.4, -0.2) is 52.6 Å². The third-order valence-electron chi connectivity index (χ3n) is 6.90. The number of fused-ring (bicyclic) bond motifs is 2. The van der Waals surface area contributed by atoms with Gasteiger partial charge in [0.1, 0.15) is 11.1 Å². The third-order valence-corrected chi connectivity index (χ3v) is 7.97. The maximum absolute atomic E-state index is 13.3. The number of para-hydroxylation sites is 1. The van der Waals surface area contributed by atoms with Crippen molar-refractivity contribution in [3.8, 4) is 0 Å². The Balaban J connectivity index is 1.37. The Morgan fingerprint density at radius 1 is 1.21 bits per heavy atom. The molecule has 1 saturated carbocycles. The van der Waals surface area contributed by atoms with E-state index in [1.165, 1.54) is 24.2 Å². The summed E-state index contributed by atoms with van der Waals surface area (Å²) < 4.78 is 7.24. The van der Waals surface area contributed by atoms with Gasteiger partial charge >= 0.3 is 0 Å². The zero-order valence-corrected chi connectivity index (χ0v) is 17.6. The number of rotatable bonds is 3. The van der Waals surface area contributed by atoms with Crippen LogP contribution in [0.5, 0.6) is 0 Å². The fourth-order valence-electron chi connectivity index (χ4n) is 5.04. The summed E-state index contributed by atoms with van der Waals surface area (Å²) in [5.41, 5.74) is 1.51. The highest BCUT2D eigenvalue weighted by Gasteiger charge is 2.47. The highest BCUT2D eigenvalue weighted by Crippen LogP contribution is 2.41. The monoisotopic (exact) mass is 412 g/mol. The first kappa shape index (κ1) is 19.2. The molecule has 1 aromatic carbocycles. The van der Waals surface area contributed by atoms with Gasteiger partial charge in [-0.3, -0.25) is 4.79 Å². The fraction of sp³-hybridized carbons (Fsp3) is 0.565. The van der Waals surface area contributed by atoms with E-state index in [0.717, 1.165) is 40.8 Å². The number of ketones is 1. The molecule has 4 atom stereocenters. The van der Waals surface area contributed by atoms with E-state index in [2.05, 4.69) is 16.8 Å². The largest absolute Gasteiger partial charge is 0.496 e. The third kappa shape index (κ3) is 3.62. The number of benzene rings is 1. The van der Waals surface area contributed by atoms with Crippen molar-refractivity contribution in [2.75, 3.05) is 19.6 Å². The molecule has 5 rings (SSSR count). The Bertz CT molecular complexity index is 898. The van der Waals surface area contributed by atoms with Gasteiger partial charge in [0, 0.05) is 12.5 Å². The first-order chi connectivity index (χ1) is 14.1. The van der Waals surface area contributed by atoms with E-state index in [0.29, 0.717) is 18.4 Å². The van der Waals surface area contributed by atoms with Crippen LogP contribution in [-0.2, 0) is 9.53 Å². The van der Waals surface area contributed by atoms with Crippen LogP contribution in [0.1, 0.15) is 37.6 Å². The van der Waals surface area contributed by atoms with Crippen LogP contribution in [0.25, 0.3) is 15.8 Å². The van der Waals surface area contributed by atoms with E-state index < -0.39 is 6.10 Å². The van der Waals surface area contributed by atoms with Crippen LogP contribution in [0.3, 0.4) is 0 Å². The molecule has 3 aliphatic rings. The molecule has 5 nitrogen and oxygen atoms in total. The van der Waals surface area contributed by atoms with Gasteiger partial charge in [-0.2, -0.15) is 0 Å². The zero-order valence-electron chi connectivity index (χ0n) is 16.8. The average molecular weight is 413 g/mol. The lowest BCUT2D eigenvalue weighted by Crippen LogP contribution is -2.52. The predicted molar refractivity (Wildman–Crippen MR) is 115 cm³/mol. The number of likely N-dealkylation sites (tertiary alicyclic amines) is 1. The zero-order chi connectivity index (χ0) is 20.0. The van der Waals surface area contributed by atoms with E-state index >= 15 is 0 Å². The van der Waals surface area contributed by atoms with Crippen molar-refractivity contribution >= 4 is 32.9 Å². The highest BCUT2D eigenvalue weighted by atomic mass is 32.1. The normalized spacial score (nSPS) is 31.4. The van der Waals surface area contributed by atoms with Gasteiger partial charge in [-0.05, 0) is 56.8 Å². The molecule has 3 heterocycles. The number of piperidine rings is 1. The van der Waals surface area contributed by atoms with Gasteiger partial charge in [-0.1, -0.05) is 19.1 Å². The Morgan fingerprint density at radius 3 is 2.79 bits per heavy atom. The van der Waals surface area contributed by atoms with E-state index in [4.69, 9.17) is 4.74 Å². The summed E-state index contributed by atoms with van der Waals surface area (Å²) in [6, 6.07) is 7.95. The second kappa shape index (κ2) is 7.82. The molecule has 1 saturated heterocycles. The quantitative estimate of drug-likeness (QED) is 0.832. The number of ether oxygens (including phenoxy) is 1. The van der Waals surface area contributed by atoms with Crippen LogP contribution >= 0.6 is 11.3 Å². The van der Waals surface area contributed by atoms with Gasteiger partial charge in [-0.15, -0.1) is 11.3 Å². The van der Waals surface area contributed by atoms with Crippen LogP contribution in [0.15, 0.2) is 30.5 Å². The number of aliphatic hydroxyl groups is 1. The van der Waals surface area contributed by atoms with Crippen molar-refractivity contribution in [3.63, 3.8) is 0 Å². The molecule has 154 valence electrons. The molecule has 2 aliphatic heterocycles. The number of carbonyl (C=O) groups is 1. The number of carbonyl (C=O) groups excluding carboxylic acids is 1. The second-order valence-corrected chi connectivity index (χ2v) is 9.91. The van der Waals surface area contributed by atoms with E-state index in [1.54, 1.807) is 6.26 Å². The number of aromatic nitrogens is 1. The molecule has 2 aromatic rings. The minimum absolute atomic E-state index is 0.0146. The molecule has 0 radical (unpaired) electrons. The van der Waals surface area contributed by atoms with Crippen molar-refractivity contribution in [3.05, 3.63) is 35.5 Å². The summed E-state index contributed by atoms with van der Waals surface area (Å²) in [4.78, 5) is 20.4. The summed E-state index contributed by atoms with van der Waals surface area (Å²) in [5.74, 6) is 0.713. The average Bonchev–Trinajstić information content (AvgIpc) is 3.16. The summed E-state index contributed by atoms with van der Waals surface area (Å²) in [6.07, 6.45) is 4.74. The van der Waals surface area contributed by atoms with Crippen molar-refractivity contribution < 1.29 is 14.6 Å². The van der Waals surface area contributed by atoms with Crippen LogP contribution < -0.4 is 0 Å². The van der Waals surface area contributed by atoms with Crippen LogP contribution in [0.4, 0.5) is 0 Å². The first-order valence-electron chi connectivity index (χ1n) is 10.8. The highest BCUT2D eigenvalue weighted by molar-refractivity contribution is 7.19. The molecule has 0 bridgehead atoms. The van der Waals surface area contributed by atoms with Crippen molar-refractivity contribution in [1.29, 1.82) is 0 Å². The molecule has 2 fully saturated rings. The van der Waals surface area contributed by atoms with Crippen molar-refractivity contribution in [2.24, 2.45) is 17.8 Å². The van der Waals surface area contributed by atoms with E-state index in [9.17, 15) is 9.90 Å². The van der Waals surface area contributed by atoms with Crippen LogP contribution in [0, 0.1) is 17.8 Å². The molecule has 29 heavy (non-hydrogen) atoms.